The van der Waals surface area contributed by atoms with E-state index in [4.69, 9.17) is 9.47 Å². The molecule has 0 spiro atoms. The highest BCUT2D eigenvalue weighted by atomic mass is 16.7. The van der Waals surface area contributed by atoms with Gasteiger partial charge in [0.1, 0.15) is 5.82 Å². The number of amides is 2. The fraction of sp³-hybridized carbons (Fsp3) is 0.240. The summed E-state index contributed by atoms with van der Waals surface area (Å²) in [4.78, 5) is 29.7. The molecule has 0 bridgehead atoms. The van der Waals surface area contributed by atoms with Crippen molar-refractivity contribution in [3.05, 3.63) is 71.4 Å². The van der Waals surface area contributed by atoms with E-state index in [-0.39, 0.29) is 18.6 Å². The molecular formula is C25H23N3O4. The van der Waals surface area contributed by atoms with Crippen LogP contribution in [0.3, 0.4) is 0 Å². The van der Waals surface area contributed by atoms with Crippen molar-refractivity contribution in [2.75, 3.05) is 19.2 Å². The van der Waals surface area contributed by atoms with E-state index in [1.54, 1.807) is 19.2 Å². The number of nitrogens with zero attached hydrogens (tertiary/aromatic N) is 1. The lowest BCUT2D eigenvalue weighted by atomic mass is 9.94. The zero-order valence-corrected chi connectivity index (χ0v) is 17.9. The molecule has 0 radical (unpaired) electrons. The topological polar surface area (TPSA) is 89.6 Å². The van der Waals surface area contributed by atoms with E-state index in [9.17, 15) is 9.59 Å². The number of nitrogens with one attached hydrogen (secondary N) is 2. The van der Waals surface area contributed by atoms with Crippen molar-refractivity contribution < 1.29 is 19.1 Å². The number of anilines is 1. The third kappa shape index (κ3) is 3.45. The second kappa shape index (κ2) is 7.67. The Morgan fingerprint density at radius 1 is 1.00 bits per heavy atom. The van der Waals surface area contributed by atoms with Crippen molar-refractivity contribution in [3.8, 4) is 22.6 Å². The number of aryl methyl sites for hydroxylation is 1. The molecule has 2 N–H and O–H groups in total. The number of fused-ring (bicyclic) bond motifs is 1. The molecule has 1 aromatic heterocycles. The summed E-state index contributed by atoms with van der Waals surface area (Å²) >= 11 is 0. The second-order valence-electron chi connectivity index (χ2n) is 8.09. The quantitative estimate of drug-likeness (QED) is 0.644. The van der Waals surface area contributed by atoms with Gasteiger partial charge in [-0.15, -0.1) is 0 Å². The van der Waals surface area contributed by atoms with Crippen LogP contribution in [0.1, 0.15) is 34.5 Å². The van der Waals surface area contributed by atoms with Crippen LogP contribution in [0.2, 0.25) is 0 Å². The number of pyridine rings is 1. The molecular weight excluding hydrogens is 406 g/mol. The van der Waals surface area contributed by atoms with E-state index in [1.807, 2.05) is 49.4 Å². The summed E-state index contributed by atoms with van der Waals surface area (Å²) in [5.74, 6) is 1.68. The van der Waals surface area contributed by atoms with E-state index in [0.717, 1.165) is 35.2 Å². The first-order valence-corrected chi connectivity index (χ1v) is 10.5. The largest absolute Gasteiger partial charge is 0.454 e. The van der Waals surface area contributed by atoms with E-state index < -0.39 is 5.41 Å². The molecule has 0 saturated heterocycles. The maximum Gasteiger partial charge on any atom is 0.251 e. The predicted molar refractivity (Wildman–Crippen MR) is 120 cm³/mol. The molecule has 32 heavy (non-hydrogen) atoms. The van der Waals surface area contributed by atoms with Gasteiger partial charge in [-0.2, -0.15) is 0 Å². The molecule has 2 amide bonds. The van der Waals surface area contributed by atoms with Gasteiger partial charge in [-0.05, 0) is 67.3 Å². The Hall–Kier alpha value is -3.87. The monoisotopic (exact) mass is 429 g/mol. The van der Waals surface area contributed by atoms with Gasteiger partial charge in [-0.3, -0.25) is 9.59 Å². The maximum absolute atomic E-state index is 13.1. The zero-order valence-electron chi connectivity index (χ0n) is 17.9. The lowest BCUT2D eigenvalue weighted by Crippen LogP contribution is -2.28. The third-order valence-electron chi connectivity index (χ3n) is 6.10. The number of carbonyl (C=O) groups is 2. The molecule has 7 heteroatoms. The van der Waals surface area contributed by atoms with Crippen LogP contribution in [0.5, 0.6) is 11.5 Å². The molecule has 2 aliphatic rings. The van der Waals surface area contributed by atoms with E-state index >= 15 is 0 Å². The molecule has 7 nitrogen and oxygen atoms in total. The smallest absolute Gasteiger partial charge is 0.251 e. The van der Waals surface area contributed by atoms with Gasteiger partial charge in [0.15, 0.2) is 11.5 Å². The number of carbonyl (C=O) groups excluding carboxylic acids is 2. The summed E-state index contributed by atoms with van der Waals surface area (Å²) in [5.41, 5.74) is 3.53. The van der Waals surface area contributed by atoms with Gasteiger partial charge >= 0.3 is 0 Å². The molecule has 2 heterocycles. The van der Waals surface area contributed by atoms with Crippen LogP contribution < -0.4 is 20.1 Å². The number of benzene rings is 2. The summed E-state index contributed by atoms with van der Waals surface area (Å²) in [5, 5.41) is 5.62. The Morgan fingerprint density at radius 2 is 1.81 bits per heavy atom. The Labute approximate surface area is 185 Å². The first-order valence-electron chi connectivity index (χ1n) is 10.5. The van der Waals surface area contributed by atoms with E-state index in [1.165, 1.54) is 0 Å². The van der Waals surface area contributed by atoms with Crippen LogP contribution in [0, 0.1) is 6.92 Å². The lowest BCUT2D eigenvalue weighted by molar-refractivity contribution is -0.118. The highest BCUT2D eigenvalue weighted by Gasteiger charge is 2.51. The Balaban J connectivity index is 1.36. The number of rotatable bonds is 5. The van der Waals surface area contributed by atoms with Gasteiger partial charge in [-0.1, -0.05) is 18.2 Å². The molecule has 2 aromatic carbocycles. The first-order chi connectivity index (χ1) is 15.5. The molecule has 1 saturated carbocycles. The summed E-state index contributed by atoms with van der Waals surface area (Å²) in [6.07, 6.45) is 1.56. The van der Waals surface area contributed by atoms with Crippen LogP contribution in [-0.2, 0) is 10.2 Å². The molecule has 0 atom stereocenters. The fourth-order valence-corrected chi connectivity index (χ4v) is 4.11. The maximum atomic E-state index is 13.1. The Kier molecular flexibility index (Phi) is 4.81. The molecule has 162 valence electrons. The standard InChI is InChI=1S/C25H23N3O4/c1-15-19(16-4-3-5-17(12-16)23(29)26-2)7-9-22(27-15)28-24(30)25(10-11-25)18-6-8-20-21(13-18)32-14-31-20/h3-9,12-13H,10-11,14H2,1-2H3,(H,26,29)(H,27,28,30). The zero-order chi connectivity index (χ0) is 22.3. The van der Waals surface area contributed by atoms with E-state index in [0.29, 0.717) is 22.9 Å². The van der Waals surface area contributed by atoms with Crippen LogP contribution in [0.4, 0.5) is 5.82 Å². The minimum atomic E-state index is -0.558. The Bertz CT molecular complexity index is 1230. The molecule has 0 unspecified atom stereocenters. The molecule has 1 aliphatic heterocycles. The van der Waals surface area contributed by atoms with Gasteiger partial charge in [0, 0.05) is 23.9 Å². The summed E-state index contributed by atoms with van der Waals surface area (Å²) < 4.78 is 10.8. The van der Waals surface area contributed by atoms with Gasteiger partial charge in [-0.25, -0.2) is 4.98 Å². The van der Waals surface area contributed by atoms with Crippen LogP contribution in [0.25, 0.3) is 11.1 Å². The fourth-order valence-electron chi connectivity index (χ4n) is 4.11. The average molecular weight is 429 g/mol. The first kappa shape index (κ1) is 20.1. The van der Waals surface area contributed by atoms with Crippen molar-refractivity contribution in [1.29, 1.82) is 0 Å². The molecule has 5 rings (SSSR count). The van der Waals surface area contributed by atoms with Crippen molar-refractivity contribution in [3.63, 3.8) is 0 Å². The second-order valence-corrected chi connectivity index (χ2v) is 8.09. The van der Waals surface area contributed by atoms with Crippen LogP contribution >= 0.6 is 0 Å². The number of hydrogen-bond donors (Lipinski definition) is 2. The average Bonchev–Trinajstić information content (AvgIpc) is 3.49. The van der Waals surface area contributed by atoms with Crippen LogP contribution in [-0.4, -0.2) is 30.6 Å². The van der Waals surface area contributed by atoms with Crippen molar-refractivity contribution in [1.82, 2.24) is 10.3 Å². The van der Waals surface area contributed by atoms with Gasteiger partial charge < -0.3 is 20.1 Å². The van der Waals surface area contributed by atoms with Gasteiger partial charge in [0.05, 0.1) is 5.41 Å². The number of hydrogen-bond acceptors (Lipinski definition) is 5. The minimum Gasteiger partial charge on any atom is -0.454 e. The minimum absolute atomic E-state index is 0.0716. The highest BCUT2D eigenvalue weighted by Crippen LogP contribution is 2.51. The van der Waals surface area contributed by atoms with Crippen molar-refractivity contribution in [2.24, 2.45) is 0 Å². The number of aromatic nitrogens is 1. The van der Waals surface area contributed by atoms with Gasteiger partial charge in [0.25, 0.3) is 5.91 Å². The molecule has 1 fully saturated rings. The SMILES string of the molecule is CNC(=O)c1cccc(-c2ccc(NC(=O)C3(c4ccc5c(c4)OCO5)CC3)nc2C)c1. The Morgan fingerprint density at radius 3 is 2.56 bits per heavy atom. The van der Waals surface area contributed by atoms with Gasteiger partial charge in [0.2, 0.25) is 12.7 Å². The summed E-state index contributed by atoms with van der Waals surface area (Å²) in [6.45, 7) is 2.10. The van der Waals surface area contributed by atoms with E-state index in [2.05, 4.69) is 15.6 Å². The van der Waals surface area contributed by atoms with Crippen molar-refractivity contribution >= 4 is 17.6 Å². The summed E-state index contributed by atoms with van der Waals surface area (Å²) in [7, 11) is 1.61. The van der Waals surface area contributed by atoms with Crippen LogP contribution in [0.15, 0.2) is 54.6 Å². The normalized spacial score (nSPS) is 15.2. The van der Waals surface area contributed by atoms with Crippen molar-refractivity contribution in [2.45, 2.75) is 25.2 Å². The molecule has 3 aromatic rings. The lowest BCUT2D eigenvalue weighted by Gasteiger charge is -2.17. The highest BCUT2D eigenvalue weighted by molar-refractivity contribution is 6.01. The molecule has 1 aliphatic carbocycles. The number of ether oxygens (including phenoxy) is 2. The summed E-state index contributed by atoms with van der Waals surface area (Å²) in [6, 6.07) is 16.8. The predicted octanol–water partition coefficient (Wildman–Crippen LogP) is 3.82. The third-order valence-corrected chi connectivity index (χ3v) is 6.10.